The summed E-state index contributed by atoms with van der Waals surface area (Å²) < 4.78 is 47.5. The fourth-order valence-electron chi connectivity index (χ4n) is 4.92. The molecule has 4 aliphatic heterocycles. The van der Waals surface area contributed by atoms with E-state index in [0.717, 1.165) is 35.8 Å². The maximum absolute atomic E-state index is 6.25. The van der Waals surface area contributed by atoms with Crippen molar-refractivity contribution < 1.29 is 37.9 Å². The Morgan fingerprint density at radius 1 is 0.649 bits per heavy atom. The first-order chi connectivity index (χ1) is 18.1. The minimum Gasteiger partial charge on any atom is -0.490 e. The smallest absolute Gasteiger partial charge is 0.164 e. The molecule has 0 radical (unpaired) electrons. The lowest BCUT2D eigenvalue weighted by molar-refractivity contribution is -0.308. The first kappa shape index (κ1) is 25.1. The molecule has 4 atom stereocenters. The summed E-state index contributed by atoms with van der Waals surface area (Å²) >= 11 is 0. The van der Waals surface area contributed by atoms with E-state index >= 15 is 0 Å². The molecule has 4 fully saturated rings. The quantitative estimate of drug-likeness (QED) is 0.444. The molecule has 4 saturated heterocycles. The van der Waals surface area contributed by atoms with Crippen molar-refractivity contribution in [1.29, 1.82) is 0 Å². The van der Waals surface area contributed by atoms with E-state index in [9.17, 15) is 0 Å². The maximum Gasteiger partial charge on any atom is 0.164 e. The average Bonchev–Trinajstić information content (AvgIpc) is 3.87. The van der Waals surface area contributed by atoms with Crippen LogP contribution in [0.1, 0.15) is 36.8 Å². The van der Waals surface area contributed by atoms with Crippen LogP contribution in [0.4, 0.5) is 0 Å². The lowest BCUT2D eigenvalue weighted by Crippen LogP contribution is -2.53. The van der Waals surface area contributed by atoms with E-state index in [4.69, 9.17) is 37.9 Å². The summed E-state index contributed by atoms with van der Waals surface area (Å²) in [6.45, 7) is 8.97. The predicted octanol–water partition coefficient (Wildman–Crippen LogP) is 3.88. The van der Waals surface area contributed by atoms with Crippen LogP contribution in [0.5, 0.6) is 11.5 Å². The Hall–Kier alpha value is -2.20. The van der Waals surface area contributed by atoms with Crippen molar-refractivity contribution in [2.75, 3.05) is 52.9 Å². The van der Waals surface area contributed by atoms with Gasteiger partial charge in [-0.15, -0.1) is 0 Å². The molecule has 0 N–H and O–H groups in total. The van der Waals surface area contributed by atoms with Gasteiger partial charge in [0.1, 0.15) is 36.9 Å². The second-order valence-corrected chi connectivity index (χ2v) is 10.7. The van der Waals surface area contributed by atoms with Gasteiger partial charge in [-0.05, 0) is 12.1 Å². The van der Waals surface area contributed by atoms with Gasteiger partial charge in [0, 0.05) is 23.0 Å². The van der Waals surface area contributed by atoms with E-state index < -0.39 is 0 Å². The third kappa shape index (κ3) is 5.95. The molecule has 8 heteroatoms. The molecule has 4 unspecified atom stereocenters. The minimum atomic E-state index is -0.358. The highest BCUT2D eigenvalue weighted by molar-refractivity contribution is 5.37. The van der Waals surface area contributed by atoms with Gasteiger partial charge in [-0.1, -0.05) is 50.2 Å². The van der Waals surface area contributed by atoms with Crippen LogP contribution in [0, 0.1) is 5.41 Å². The highest BCUT2D eigenvalue weighted by Gasteiger charge is 2.44. The highest BCUT2D eigenvalue weighted by atomic mass is 16.7. The van der Waals surface area contributed by atoms with Crippen LogP contribution in [-0.2, 0) is 28.4 Å². The molecule has 0 bridgehead atoms. The second-order valence-electron chi connectivity index (χ2n) is 10.7. The molecular weight excluding hydrogens is 476 g/mol. The predicted molar refractivity (Wildman–Crippen MR) is 134 cm³/mol. The standard InChI is InChI=1S/C29H36O8/c1-19(23-7-3-5-9-25(23)32-13-21-11-30-21)27-34-15-29(16-35-27)17-36-28(37-18-29)20(2)24-8-4-6-10-26(24)33-14-22-12-31-22/h3-10,19-22,27-28H,11-18H2,1-2H3. The molecule has 4 aliphatic rings. The van der Waals surface area contributed by atoms with Crippen LogP contribution < -0.4 is 9.47 Å². The zero-order chi connectivity index (χ0) is 25.2. The van der Waals surface area contributed by atoms with Crippen molar-refractivity contribution in [3.8, 4) is 11.5 Å². The fraction of sp³-hybridized carbons (Fsp3) is 0.586. The van der Waals surface area contributed by atoms with E-state index in [-0.39, 0.29) is 42.0 Å². The number of benzene rings is 2. The number of hydrogen-bond acceptors (Lipinski definition) is 8. The van der Waals surface area contributed by atoms with Crippen molar-refractivity contribution >= 4 is 0 Å². The van der Waals surface area contributed by atoms with E-state index in [1.165, 1.54) is 0 Å². The summed E-state index contributed by atoms with van der Waals surface area (Å²) in [5.41, 5.74) is 1.83. The third-order valence-corrected chi connectivity index (χ3v) is 7.50. The lowest BCUT2D eigenvalue weighted by atomic mass is 9.89. The van der Waals surface area contributed by atoms with Crippen LogP contribution in [-0.4, -0.2) is 77.6 Å². The first-order valence-corrected chi connectivity index (χ1v) is 13.2. The molecule has 0 amide bonds. The minimum absolute atomic E-state index is 0.0180. The fourth-order valence-corrected chi connectivity index (χ4v) is 4.92. The Balaban J connectivity index is 1.02. The molecule has 0 aromatic heterocycles. The maximum atomic E-state index is 6.25. The van der Waals surface area contributed by atoms with Gasteiger partial charge in [0.05, 0.1) is 45.1 Å². The van der Waals surface area contributed by atoms with Crippen LogP contribution >= 0.6 is 0 Å². The number of hydrogen-bond donors (Lipinski definition) is 0. The summed E-state index contributed by atoms with van der Waals surface area (Å²) in [6.07, 6.45) is -0.296. The number of ether oxygens (including phenoxy) is 8. The van der Waals surface area contributed by atoms with Crippen molar-refractivity contribution in [2.45, 2.75) is 50.5 Å². The van der Waals surface area contributed by atoms with Gasteiger partial charge < -0.3 is 37.9 Å². The largest absolute Gasteiger partial charge is 0.490 e. The summed E-state index contributed by atoms with van der Waals surface area (Å²) in [6, 6.07) is 16.1. The van der Waals surface area contributed by atoms with Crippen LogP contribution in [0.25, 0.3) is 0 Å². The Kier molecular flexibility index (Phi) is 7.38. The topological polar surface area (TPSA) is 80.4 Å². The molecular formula is C29H36O8. The molecule has 1 spiro atoms. The summed E-state index contributed by atoms with van der Waals surface area (Å²) in [5, 5.41) is 0. The molecule has 2 aromatic rings. The van der Waals surface area contributed by atoms with Gasteiger partial charge in [0.2, 0.25) is 0 Å². The molecule has 6 rings (SSSR count). The molecule has 8 nitrogen and oxygen atoms in total. The summed E-state index contributed by atoms with van der Waals surface area (Å²) in [4.78, 5) is 0. The number of epoxide rings is 2. The van der Waals surface area contributed by atoms with Gasteiger partial charge in [-0.3, -0.25) is 0 Å². The van der Waals surface area contributed by atoms with Gasteiger partial charge in [0.25, 0.3) is 0 Å². The second kappa shape index (κ2) is 10.9. The molecule has 4 heterocycles. The highest BCUT2D eigenvalue weighted by Crippen LogP contribution is 2.39. The van der Waals surface area contributed by atoms with Crippen molar-refractivity contribution in [3.05, 3.63) is 59.7 Å². The third-order valence-electron chi connectivity index (χ3n) is 7.50. The molecule has 37 heavy (non-hydrogen) atoms. The van der Waals surface area contributed by atoms with Gasteiger partial charge in [-0.25, -0.2) is 0 Å². The average molecular weight is 513 g/mol. The zero-order valence-electron chi connectivity index (χ0n) is 21.5. The van der Waals surface area contributed by atoms with E-state index in [2.05, 4.69) is 26.0 Å². The van der Waals surface area contributed by atoms with Crippen LogP contribution in [0.3, 0.4) is 0 Å². The monoisotopic (exact) mass is 512 g/mol. The Bertz CT molecular complexity index is 949. The van der Waals surface area contributed by atoms with Crippen LogP contribution in [0.2, 0.25) is 0 Å². The Morgan fingerprint density at radius 2 is 1.03 bits per heavy atom. The van der Waals surface area contributed by atoms with Crippen molar-refractivity contribution in [1.82, 2.24) is 0 Å². The Morgan fingerprint density at radius 3 is 1.41 bits per heavy atom. The normalized spacial score (nSPS) is 32.5. The van der Waals surface area contributed by atoms with E-state index in [1.807, 2.05) is 36.4 Å². The SMILES string of the molecule is CC(c1ccccc1OCC1CO1)C1OCC2(CO1)COC(C(C)c1ccccc1OCC1CO1)OC2. The molecule has 2 aromatic carbocycles. The van der Waals surface area contributed by atoms with Gasteiger partial charge in [0.15, 0.2) is 12.6 Å². The van der Waals surface area contributed by atoms with Gasteiger partial charge >= 0.3 is 0 Å². The first-order valence-electron chi connectivity index (χ1n) is 13.2. The number of para-hydroxylation sites is 2. The van der Waals surface area contributed by atoms with Crippen LogP contribution in [0.15, 0.2) is 48.5 Å². The molecule has 200 valence electrons. The zero-order valence-corrected chi connectivity index (χ0v) is 21.5. The van der Waals surface area contributed by atoms with Crippen molar-refractivity contribution in [3.63, 3.8) is 0 Å². The summed E-state index contributed by atoms with van der Waals surface area (Å²) in [7, 11) is 0. The van der Waals surface area contributed by atoms with Gasteiger partial charge in [-0.2, -0.15) is 0 Å². The summed E-state index contributed by atoms with van der Waals surface area (Å²) in [5.74, 6) is 1.75. The number of rotatable bonds is 10. The van der Waals surface area contributed by atoms with E-state index in [1.54, 1.807) is 0 Å². The molecule has 0 aliphatic carbocycles. The van der Waals surface area contributed by atoms with E-state index in [0.29, 0.717) is 39.6 Å². The Labute approximate surface area is 218 Å². The molecule has 0 saturated carbocycles. The lowest BCUT2D eigenvalue weighted by Gasteiger charge is -2.45. The van der Waals surface area contributed by atoms with Crippen molar-refractivity contribution in [2.24, 2.45) is 5.41 Å².